The Balaban J connectivity index is 2.30. The van der Waals surface area contributed by atoms with Crippen molar-refractivity contribution < 1.29 is 4.74 Å². The summed E-state index contributed by atoms with van der Waals surface area (Å²) in [6.07, 6.45) is 2.11. The van der Waals surface area contributed by atoms with Crippen LogP contribution in [0, 0.1) is 6.23 Å². The Hall–Kier alpha value is -0.120. The molecular formula is C8H17N2O. The van der Waals surface area contributed by atoms with E-state index in [1.807, 2.05) is 0 Å². The fraction of sp³-hybridized carbons (Fsp3) is 0.875. The zero-order chi connectivity index (χ0) is 8.10. The van der Waals surface area contributed by atoms with Crippen LogP contribution in [0.1, 0.15) is 13.3 Å². The third kappa shape index (κ3) is 2.43. The Bertz CT molecular complexity index is 98.3. The molecule has 0 aromatic heterocycles. The summed E-state index contributed by atoms with van der Waals surface area (Å²) in [7, 11) is 1.75. The van der Waals surface area contributed by atoms with Crippen molar-refractivity contribution in [1.82, 2.24) is 10.2 Å². The lowest BCUT2D eigenvalue weighted by Crippen LogP contribution is -2.45. The van der Waals surface area contributed by atoms with Gasteiger partial charge in [-0.1, -0.05) is 6.92 Å². The first-order valence-electron chi connectivity index (χ1n) is 4.24. The summed E-state index contributed by atoms with van der Waals surface area (Å²) in [6.45, 7) is 6.44. The van der Waals surface area contributed by atoms with Crippen molar-refractivity contribution in [2.24, 2.45) is 0 Å². The molecule has 0 aromatic carbocycles. The minimum atomic E-state index is 0.997. The van der Waals surface area contributed by atoms with Crippen LogP contribution < -0.4 is 5.32 Å². The highest BCUT2D eigenvalue weighted by Gasteiger charge is 2.18. The molecule has 0 atom stereocenters. The predicted molar refractivity (Wildman–Crippen MR) is 45.0 cm³/mol. The summed E-state index contributed by atoms with van der Waals surface area (Å²) >= 11 is 0. The van der Waals surface area contributed by atoms with Crippen molar-refractivity contribution in [1.29, 1.82) is 0 Å². The molecule has 1 fully saturated rings. The second kappa shape index (κ2) is 4.70. The molecule has 0 amide bonds. The molecule has 0 spiro atoms. The van der Waals surface area contributed by atoms with E-state index in [1.165, 1.54) is 0 Å². The number of nitrogens with zero attached hydrogens (tertiary/aromatic N) is 1. The zero-order valence-electron chi connectivity index (χ0n) is 7.39. The highest BCUT2D eigenvalue weighted by atomic mass is 16.5. The van der Waals surface area contributed by atoms with Crippen molar-refractivity contribution in [3.05, 3.63) is 6.23 Å². The zero-order valence-corrected chi connectivity index (χ0v) is 7.39. The number of methoxy groups -OCH3 is 1. The van der Waals surface area contributed by atoms with E-state index in [0.29, 0.717) is 0 Å². The van der Waals surface area contributed by atoms with Gasteiger partial charge in [0.05, 0.1) is 0 Å². The minimum Gasteiger partial charge on any atom is -0.359 e. The van der Waals surface area contributed by atoms with Gasteiger partial charge in [-0.15, -0.1) is 0 Å². The lowest BCUT2D eigenvalue weighted by Gasteiger charge is -2.31. The Morgan fingerprint density at radius 1 is 1.45 bits per heavy atom. The van der Waals surface area contributed by atoms with Crippen LogP contribution in [0.4, 0.5) is 0 Å². The first-order valence-corrected chi connectivity index (χ1v) is 4.24. The molecule has 0 unspecified atom stereocenters. The minimum absolute atomic E-state index is 0.997. The average Bonchev–Trinajstić information content (AvgIpc) is 2.09. The van der Waals surface area contributed by atoms with Gasteiger partial charge in [0.25, 0.3) is 0 Å². The lowest BCUT2D eigenvalue weighted by atomic mass is 10.3. The summed E-state index contributed by atoms with van der Waals surface area (Å²) in [5, 5.41) is 3.31. The third-order valence-corrected chi connectivity index (χ3v) is 2.01. The van der Waals surface area contributed by atoms with Gasteiger partial charge in [-0.2, -0.15) is 0 Å². The van der Waals surface area contributed by atoms with Gasteiger partial charge in [0.2, 0.25) is 0 Å². The molecule has 1 saturated heterocycles. The van der Waals surface area contributed by atoms with Crippen LogP contribution in [0.25, 0.3) is 0 Å². The topological polar surface area (TPSA) is 24.5 Å². The number of rotatable bonds is 3. The number of piperazine rings is 1. The van der Waals surface area contributed by atoms with Crippen molar-refractivity contribution in [2.45, 2.75) is 13.3 Å². The number of hydrogen-bond acceptors (Lipinski definition) is 3. The number of nitrogens with one attached hydrogen (secondary N) is 1. The highest BCUT2D eigenvalue weighted by molar-refractivity contribution is 4.81. The van der Waals surface area contributed by atoms with Crippen LogP contribution in [0.2, 0.25) is 0 Å². The molecule has 0 aromatic rings. The summed E-state index contributed by atoms with van der Waals surface area (Å²) in [4.78, 5) is 2.30. The molecule has 0 aliphatic carbocycles. The van der Waals surface area contributed by atoms with Gasteiger partial charge in [-0.05, 0) is 6.42 Å². The van der Waals surface area contributed by atoms with Gasteiger partial charge < -0.3 is 10.1 Å². The Labute approximate surface area is 68.7 Å². The van der Waals surface area contributed by atoms with Crippen LogP contribution in [0.5, 0.6) is 0 Å². The third-order valence-electron chi connectivity index (χ3n) is 2.01. The van der Waals surface area contributed by atoms with Crippen LogP contribution in [0.3, 0.4) is 0 Å². The van der Waals surface area contributed by atoms with Gasteiger partial charge >= 0.3 is 0 Å². The van der Waals surface area contributed by atoms with Crippen LogP contribution in [-0.2, 0) is 4.74 Å². The first-order chi connectivity index (χ1) is 5.38. The maximum atomic E-state index is 5.25. The normalized spacial score (nSPS) is 21.0. The molecule has 11 heavy (non-hydrogen) atoms. The fourth-order valence-electron chi connectivity index (χ4n) is 1.41. The molecule has 0 saturated carbocycles. The van der Waals surface area contributed by atoms with E-state index < -0.39 is 0 Å². The predicted octanol–water partition coefficient (Wildman–Crippen LogP) is 0.437. The molecule has 1 rings (SSSR count). The Kier molecular flexibility index (Phi) is 3.83. The largest absolute Gasteiger partial charge is 0.359 e. The number of hydrogen-bond donors (Lipinski definition) is 1. The van der Waals surface area contributed by atoms with Gasteiger partial charge in [0, 0.05) is 33.3 Å². The smallest absolute Gasteiger partial charge is 0.164 e. The second-order valence-electron chi connectivity index (χ2n) is 2.69. The Morgan fingerprint density at radius 2 is 2.09 bits per heavy atom. The van der Waals surface area contributed by atoms with E-state index in [9.17, 15) is 0 Å². The van der Waals surface area contributed by atoms with E-state index in [1.54, 1.807) is 7.11 Å². The highest BCUT2D eigenvalue weighted by Crippen LogP contribution is 2.13. The van der Waals surface area contributed by atoms with E-state index in [-0.39, 0.29) is 0 Å². The monoisotopic (exact) mass is 157 g/mol. The molecule has 1 radical (unpaired) electrons. The standard InChI is InChI=1S/C8H17N2O/c1-3-8(11-2)10-6-4-9-5-7-10/h9H,3-7H2,1-2H3. The first kappa shape index (κ1) is 8.97. The lowest BCUT2D eigenvalue weighted by molar-refractivity contribution is 0.0554. The molecule has 1 N–H and O–H groups in total. The van der Waals surface area contributed by atoms with Crippen molar-refractivity contribution in [2.75, 3.05) is 33.3 Å². The van der Waals surface area contributed by atoms with Crippen LogP contribution in [0.15, 0.2) is 0 Å². The quantitative estimate of drug-likeness (QED) is 0.643. The van der Waals surface area contributed by atoms with Crippen LogP contribution >= 0.6 is 0 Å². The van der Waals surface area contributed by atoms with Crippen molar-refractivity contribution in [3.63, 3.8) is 0 Å². The van der Waals surface area contributed by atoms with Crippen molar-refractivity contribution in [3.8, 4) is 0 Å². The maximum absolute atomic E-state index is 5.25. The average molecular weight is 157 g/mol. The summed E-state index contributed by atoms with van der Waals surface area (Å²) in [5.41, 5.74) is 0. The van der Waals surface area contributed by atoms with Gasteiger partial charge in [-0.3, -0.25) is 4.90 Å². The van der Waals surface area contributed by atoms with Gasteiger partial charge in [-0.25, -0.2) is 0 Å². The van der Waals surface area contributed by atoms with E-state index in [2.05, 4.69) is 17.1 Å². The van der Waals surface area contributed by atoms with Crippen molar-refractivity contribution >= 4 is 0 Å². The molecule has 65 valence electrons. The Morgan fingerprint density at radius 3 is 2.55 bits per heavy atom. The molecular weight excluding hydrogens is 140 g/mol. The molecule has 0 bridgehead atoms. The molecule has 1 heterocycles. The SMILES string of the molecule is CC[C](OC)N1CCNCC1. The summed E-state index contributed by atoms with van der Waals surface area (Å²) < 4.78 is 5.25. The number of ether oxygens (including phenoxy) is 1. The van der Waals surface area contributed by atoms with E-state index in [0.717, 1.165) is 38.8 Å². The molecule has 1 aliphatic rings. The molecule has 1 aliphatic heterocycles. The second-order valence-corrected chi connectivity index (χ2v) is 2.69. The van der Waals surface area contributed by atoms with E-state index >= 15 is 0 Å². The summed E-state index contributed by atoms with van der Waals surface area (Å²) in [5.74, 6) is 0. The van der Waals surface area contributed by atoms with Crippen LogP contribution in [-0.4, -0.2) is 38.2 Å². The fourth-order valence-corrected chi connectivity index (χ4v) is 1.41. The molecule has 3 nitrogen and oxygen atoms in total. The van der Waals surface area contributed by atoms with Gasteiger partial charge in [0.15, 0.2) is 6.23 Å². The molecule has 3 heteroatoms. The van der Waals surface area contributed by atoms with E-state index in [4.69, 9.17) is 4.74 Å². The maximum Gasteiger partial charge on any atom is 0.164 e. The van der Waals surface area contributed by atoms with Gasteiger partial charge in [0.1, 0.15) is 0 Å². The summed E-state index contributed by atoms with van der Waals surface area (Å²) in [6, 6.07) is 0.